The van der Waals surface area contributed by atoms with Crippen LogP contribution < -0.4 is 11.1 Å². The van der Waals surface area contributed by atoms with Gasteiger partial charge < -0.3 is 11.1 Å². The minimum atomic E-state index is 0.0718. The van der Waals surface area contributed by atoms with Crippen molar-refractivity contribution < 1.29 is 4.79 Å². The molecule has 0 amide bonds. The van der Waals surface area contributed by atoms with Gasteiger partial charge in [0.2, 0.25) is 0 Å². The summed E-state index contributed by atoms with van der Waals surface area (Å²) in [6.45, 7) is 2.08. The summed E-state index contributed by atoms with van der Waals surface area (Å²) in [5.74, 6) is 0.0718. The molecule has 3 rings (SSSR count). The lowest BCUT2D eigenvalue weighted by molar-refractivity contribution is 0.0979. The Hall–Kier alpha value is -1.24. The molecule has 0 saturated carbocycles. The van der Waals surface area contributed by atoms with Crippen molar-refractivity contribution in [2.45, 2.75) is 19.5 Å². The van der Waals surface area contributed by atoms with Gasteiger partial charge in [0.15, 0.2) is 10.7 Å². The van der Waals surface area contributed by atoms with Crippen LogP contribution in [0.3, 0.4) is 0 Å². The first-order valence-electron chi connectivity index (χ1n) is 5.23. The number of fused-ring (bicyclic) bond motifs is 3. The lowest BCUT2D eigenvalue weighted by Gasteiger charge is -1.99. The number of aromatic nitrogens is 2. The Kier molecular flexibility index (Phi) is 2.27. The van der Waals surface area contributed by atoms with Gasteiger partial charge in [-0.15, -0.1) is 0 Å². The molecule has 3 N–H and O–H groups in total. The van der Waals surface area contributed by atoms with Gasteiger partial charge in [-0.25, -0.2) is 4.98 Å². The summed E-state index contributed by atoms with van der Waals surface area (Å²) in [6, 6.07) is 0. The van der Waals surface area contributed by atoms with E-state index in [1.165, 1.54) is 10.6 Å². The minimum Gasteiger partial charge on any atom is -0.330 e. The maximum atomic E-state index is 11.9. The van der Waals surface area contributed by atoms with Crippen LogP contribution in [-0.4, -0.2) is 21.7 Å². The van der Waals surface area contributed by atoms with Gasteiger partial charge in [0.25, 0.3) is 0 Å². The Bertz CT molecular complexity index is 556. The van der Waals surface area contributed by atoms with Gasteiger partial charge in [0.05, 0.1) is 11.9 Å². The molecule has 1 aliphatic rings. The van der Waals surface area contributed by atoms with Crippen molar-refractivity contribution in [2.75, 3.05) is 6.54 Å². The lowest BCUT2D eigenvalue weighted by Crippen LogP contribution is -2.11. The van der Waals surface area contributed by atoms with E-state index in [0.29, 0.717) is 18.7 Å². The van der Waals surface area contributed by atoms with Gasteiger partial charge in [0.1, 0.15) is 5.69 Å². The predicted molar refractivity (Wildman–Crippen MR) is 61.6 cm³/mol. The van der Waals surface area contributed by atoms with E-state index < -0.39 is 0 Å². The van der Waals surface area contributed by atoms with Crippen molar-refractivity contribution in [3.05, 3.63) is 22.5 Å². The van der Waals surface area contributed by atoms with E-state index >= 15 is 0 Å². The third kappa shape index (κ3) is 1.31. The van der Waals surface area contributed by atoms with Gasteiger partial charge in [0, 0.05) is 24.4 Å². The highest BCUT2D eigenvalue weighted by molar-refractivity contribution is 7.17. The fraction of sp³-hybridized carbons (Fsp3) is 0.400. The molecule has 2 aromatic rings. The molecule has 0 unspecified atom stereocenters. The zero-order valence-electron chi connectivity index (χ0n) is 8.69. The number of hydrogen-bond acceptors (Lipinski definition) is 5. The lowest BCUT2D eigenvalue weighted by atomic mass is 10.2. The first kappa shape index (κ1) is 9.95. The first-order chi connectivity index (χ1) is 7.81. The number of ketones is 1. The van der Waals surface area contributed by atoms with Gasteiger partial charge in [-0.05, 0) is 6.54 Å². The average Bonchev–Trinajstić information content (AvgIpc) is 2.87. The van der Waals surface area contributed by atoms with Crippen LogP contribution >= 0.6 is 11.3 Å². The van der Waals surface area contributed by atoms with Crippen LogP contribution in [0.25, 0.3) is 4.96 Å². The normalized spacial score (nSPS) is 14.6. The molecule has 0 atom stereocenters. The molecule has 0 aliphatic carbocycles. The van der Waals surface area contributed by atoms with E-state index in [0.717, 1.165) is 18.1 Å². The van der Waals surface area contributed by atoms with E-state index in [4.69, 9.17) is 5.73 Å². The number of nitrogens with one attached hydrogen (secondary N) is 1. The summed E-state index contributed by atoms with van der Waals surface area (Å²) in [4.78, 5) is 18.3. The monoisotopic (exact) mass is 236 g/mol. The number of imidazole rings is 1. The molecule has 16 heavy (non-hydrogen) atoms. The van der Waals surface area contributed by atoms with Crippen molar-refractivity contribution >= 4 is 22.1 Å². The Morgan fingerprint density at radius 1 is 1.62 bits per heavy atom. The maximum absolute atomic E-state index is 11.9. The topological polar surface area (TPSA) is 72.4 Å². The molecule has 84 valence electrons. The van der Waals surface area contributed by atoms with Crippen molar-refractivity contribution in [2.24, 2.45) is 5.73 Å². The predicted octanol–water partition coefficient (Wildman–Crippen LogP) is 0.531. The zero-order chi connectivity index (χ0) is 11.1. The zero-order valence-corrected chi connectivity index (χ0v) is 9.51. The Balaban J connectivity index is 2.15. The van der Waals surface area contributed by atoms with E-state index in [1.807, 2.05) is 4.40 Å². The molecule has 3 heterocycles. The van der Waals surface area contributed by atoms with Crippen molar-refractivity contribution in [1.82, 2.24) is 14.7 Å². The van der Waals surface area contributed by atoms with Gasteiger partial charge >= 0.3 is 0 Å². The number of nitrogens with two attached hydrogens (primary N) is 1. The third-order valence-corrected chi connectivity index (χ3v) is 3.87. The molecule has 0 radical (unpaired) electrons. The number of rotatable bonds is 3. The van der Waals surface area contributed by atoms with Crippen molar-refractivity contribution in [3.63, 3.8) is 0 Å². The van der Waals surface area contributed by atoms with Gasteiger partial charge in [-0.1, -0.05) is 11.3 Å². The van der Waals surface area contributed by atoms with E-state index in [9.17, 15) is 4.79 Å². The number of carbonyl (C=O) groups excluding carboxylic acids is 1. The molecule has 1 aliphatic heterocycles. The number of Topliss-reactive ketones (excluding diaryl/α,β-unsaturated/α-hetero) is 1. The largest absolute Gasteiger partial charge is 0.330 e. The molecule has 2 aromatic heterocycles. The summed E-state index contributed by atoms with van der Waals surface area (Å²) in [5.41, 5.74) is 7.25. The first-order valence-corrected chi connectivity index (χ1v) is 6.05. The number of hydrogen-bond donors (Lipinski definition) is 2. The second-order valence-electron chi connectivity index (χ2n) is 3.80. The van der Waals surface area contributed by atoms with Crippen molar-refractivity contribution in [1.29, 1.82) is 0 Å². The highest BCUT2D eigenvalue weighted by Gasteiger charge is 2.22. The second kappa shape index (κ2) is 3.65. The van der Waals surface area contributed by atoms with Crippen LogP contribution in [-0.2, 0) is 13.1 Å². The quantitative estimate of drug-likeness (QED) is 0.763. The van der Waals surface area contributed by atoms with Crippen LogP contribution in [0.2, 0.25) is 0 Å². The number of carbonyl (C=O) groups is 1. The van der Waals surface area contributed by atoms with Gasteiger partial charge in [-0.2, -0.15) is 0 Å². The second-order valence-corrected chi connectivity index (χ2v) is 4.86. The number of thiazole rings is 1. The minimum absolute atomic E-state index is 0.0718. The van der Waals surface area contributed by atoms with E-state index in [-0.39, 0.29) is 5.78 Å². The third-order valence-electron chi connectivity index (χ3n) is 2.77. The maximum Gasteiger partial charge on any atom is 0.194 e. The summed E-state index contributed by atoms with van der Waals surface area (Å²) >= 11 is 1.65. The molecular formula is C10H12N4OS. The summed E-state index contributed by atoms with van der Waals surface area (Å²) in [6.07, 6.45) is 2.04. The van der Waals surface area contributed by atoms with Gasteiger partial charge in [-0.3, -0.25) is 9.20 Å². The smallest absolute Gasteiger partial charge is 0.194 e. The Morgan fingerprint density at radius 3 is 3.31 bits per heavy atom. The van der Waals surface area contributed by atoms with Crippen LogP contribution in [0.1, 0.15) is 27.5 Å². The van der Waals surface area contributed by atoms with Crippen LogP contribution in [0.4, 0.5) is 0 Å². The molecule has 5 nitrogen and oxygen atoms in total. The number of nitrogens with zero attached hydrogens (tertiary/aromatic N) is 2. The van der Waals surface area contributed by atoms with E-state index in [2.05, 4.69) is 10.3 Å². The van der Waals surface area contributed by atoms with Crippen molar-refractivity contribution in [3.8, 4) is 0 Å². The van der Waals surface area contributed by atoms with Crippen LogP contribution in [0.5, 0.6) is 0 Å². The summed E-state index contributed by atoms with van der Waals surface area (Å²) in [5, 5.41) is 3.27. The molecule has 0 saturated heterocycles. The molecule has 0 fully saturated rings. The molecule has 0 aromatic carbocycles. The molecular weight excluding hydrogens is 224 g/mol. The highest BCUT2D eigenvalue weighted by atomic mass is 32.1. The Labute approximate surface area is 96.3 Å². The van der Waals surface area contributed by atoms with E-state index in [1.54, 1.807) is 17.5 Å². The fourth-order valence-electron chi connectivity index (χ4n) is 2.03. The SMILES string of the molecule is NCCC(=O)c1cnc2sc3c(n12)CNC3. The average molecular weight is 236 g/mol. The summed E-state index contributed by atoms with van der Waals surface area (Å²) in [7, 11) is 0. The van der Waals surface area contributed by atoms with Crippen LogP contribution in [0, 0.1) is 0 Å². The molecule has 0 spiro atoms. The Morgan fingerprint density at radius 2 is 2.50 bits per heavy atom. The molecule has 6 heteroatoms. The standard InChI is InChI=1S/C10H12N4OS/c11-2-1-8(15)6-4-13-10-14(6)7-3-12-5-9(7)16-10/h4,12H,1-3,5,11H2. The molecule has 0 bridgehead atoms. The fourth-order valence-corrected chi connectivity index (χ4v) is 3.11. The highest BCUT2D eigenvalue weighted by Crippen LogP contribution is 2.28. The van der Waals surface area contributed by atoms with Crippen LogP contribution in [0.15, 0.2) is 6.20 Å². The summed E-state index contributed by atoms with van der Waals surface area (Å²) < 4.78 is 1.97.